The average molecular weight is 300 g/mol. The molecule has 1 aromatic heterocycles. The summed E-state index contributed by atoms with van der Waals surface area (Å²) in [4.78, 5) is 5.43. The quantitative estimate of drug-likeness (QED) is 0.590. The van der Waals surface area contributed by atoms with Gasteiger partial charge in [-0.1, -0.05) is 0 Å². The summed E-state index contributed by atoms with van der Waals surface area (Å²) < 4.78 is 5.47. The summed E-state index contributed by atoms with van der Waals surface area (Å²) in [5.41, 5.74) is 2.37. The van der Waals surface area contributed by atoms with E-state index in [-0.39, 0.29) is 0 Å². The van der Waals surface area contributed by atoms with E-state index in [1.165, 1.54) is 4.88 Å². The first kappa shape index (κ1) is 15.9. The first-order valence-corrected chi connectivity index (χ1v) is 8.05. The number of thiazole rings is 1. The Morgan fingerprint density at radius 3 is 2.95 bits per heavy atom. The predicted octanol–water partition coefficient (Wildman–Crippen LogP) is 0.876. The third-order valence-corrected chi connectivity index (χ3v) is 4.74. The number of aryl methyl sites for hydroxylation is 1. The fourth-order valence-electron chi connectivity index (χ4n) is 2.24. The minimum Gasteiger partial charge on any atom is -0.389 e. The number of hydrogen-bond donors (Lipinski definition) is 3. The van der Waals surface area contributed by atoms with E-state index in [0.717, 1.165) is 31.4 Å². The number of ether oxygens (including phenoxy) is 1. The van der Waals surface area contributed by atoms with E-state index in [9.17, 15) is 10.2 Å². The lowest BCUT2D eigenvalue weighted by atomic mass is 9.80. The van der Waals surface area contributed by atoms with Crippen molar-refractivity contribution in [2.75, 3.05) is 26.3 Å². The zero-order chi connectivity index (χ0) is 14.4. The zero-order valence-electron chi connectivity index (χ0n) is 12.0. The van der Waals surface area contributed by atoms with Crippen LogP contribution in [0.15, 0.2) is 5.51 Å². The highest BCUT2D eigenvalue weighted by Crippen LogP contribution is 2.30. The normalized spacial score (nSPS) is 18.8. The minimum atomic E-state index is -0.537. The van der Waals surface area contributed by atoms with Crippen LogP contribution < -0.4 is 5.32 Å². The molecule has 1 aromatic rings. The number of aromatic nitrogens is 1. The topological polar surface area (TPSA) is 74.6 Å². The molecule has 0 bridgehead atoms. The van der Waals surface area contributed by atoms with Crippen LogP contribution >= 0.6 is 11.3 Å². The van der Waals surface area contributed by atoms with Gasteiger partial charge in [0.2, 0.25) is 0 Å². The van der Waals surface area contributed by atoms with Gasteiger partial charge in [0, 0.05) is 24.4 Å². The van der Waals surface area contributed by atoms with Gasteiger partial charge < -0.3 is 20.3 Å². The third-order valence-electron chi connectivity index (χ3n) is 3.75. The lowest BCUT2D eigenvalue weighted by molar-refractivity contribution is -0.0348. The Kier molecular flexibility index (Phi) is 5.92. The molecule has 114 valence electrons. The van der Waals surface area contributed by atoms with Gasteiger partial charge in [0.1, 0.15) is 0 Å². The Morgan fingerprint density at radius 2 is 2.35 bits per heavy atom. The van der Waals surface area contributed by atoms with Gasteiger partial charge in [0.15, 0.2) is 0 Å². The second-order valence-corrected chi connectivity index (χ2v) is 6.49. The van der Waals surface area contributed by atoms with E-state index in [0.29, 0.717) is 26.3 Å². The van der Waals surface area contributed by atoms with Gasteiger partial charge in [-0.15, -0.1) is 11.3 Å². The first-order valence-electron chi connectivity index (χ1n) is 7.17. The number of nitrogens with one attached hydrogen (secondary N) is 1. The molecule has 1 heterocycles. The summed E-state index contributed by atoms with van der Waals surface area (Å²) in [5, 5.41) is 22.8. The number of nitrogens with zero attached hydrogens (tertiary/aromatic N) is 1. The highest BCUT2D eigenvalue weighted by atomic mass is 32.1. The Labute approximate surface area is 124 Å². The second kappa shape index (κ2) is 7.47. The molecule has 1 aliphatic rings. The Bertz CT molecular complexity index is 407. The monoisotopic (exact) mass is 300 g/mol. The molecule has 0 spiro atoms. The number of aliphatic hydroxyl groups excluding tert-OH is 1. The van der Waals surface area contributed by atoms with Crippen LogP contribution in [0, 0.1) is 6.92 Å². The van der Waals surface area contributed by atoms with Gasteiger partial charge in [-0.3, -0.25) is 0 Å². The van der Waals surface area contributed by atoms with Crippen molar-refractivity contribution >= 4 is 11.3 Å². The van der Waals surface area contributed by atoms with Crippen molar-refractivity contribution in [3.05, 3.63) is 16.1 Å². The first-order chi connectivity index (χ1) is 9.59. The molecule has 1 fully saturated rings. The number of hydrogen-bond acceptors (Lipinski definition) is 6. The van der Waals surface area contributed by atoms with Gasteiger partial charge in [0.05, 0.1) is 36.1 Å². The summed E-state index contributed by atoms with van der Waals surface area (Å²) in [7, 11) is 0. The Balaban J connectivity index is 1.49. The van der Waals surface area contributed by atoms with Crippen LogP contribution in [-0.2, 0) is 11.2 Å². The Hall–Kier alpha value is -0.530. The second-order valence-electron chi connectivity index (χ2n) is 5.55. The highest BCUT2D eigenvalue weighted by molar-refractivity contribution is 7.09. The summed E-state index contributed by atoms with van der Waals surface area (Å²) in [6.45, 7) is 3.94. The number of rotatable bonds is 9. The molecule has 5 nitrogen and oxygen atoms in total. The molecule has 1 atom stereocenters. The minimum absolute atomic E-state index is 0.323. The van der Waals surface area contributed by atoms with Gasteiger partial charge in [0.25, 0.3) is 0 Å². The summed E-state index contributed by atoms with van der Waals surface area (Å²) in [6, 6.07) is 0. The molecule has 0 saturated heterocycles. The average Bonchev–Trinajstić information content (AvgIpc) is 2.78. The van der Waals surface area contributed by atoms with Crippen molar-refractivity contribution in [2.45, 2.75) is 44.3 Å². The standard InChI is InChI=1S/C14H24N2O3S/c1-11-13(20-10-16-11)3-6-19-8-12(17)7-15-9-14(18)4-2-5-14/h10,12,15,17-18H,2-9H2,1H3. The fraction of sp³-hybridized carbons (Fsp3) is 0.786. The van der Waals surface area contributed by atoms with Crippen molar-refractivity contribution in [3.63, 3.8) is 0 Å². The Morgan fingerprint density at radius 1 is 1.55 bits per heavy atom. The molecule has 6 heteroatoms. The van der Waals surface area contributed by atoms with Crippen LogP contribution in [0.3, 0.4) is 0 Å². The van der Waals surface area contributed by atoms with Crippen LogP contribution in [0.2, 0.25) is 0 Å². The molecule has 20 heavy (non-hydrogen) atoms. The van der Waals surface area contributed by atoms with Crippen LogP contribution in [0.1, 0.15) is 29.8 Å². The van der Waals surface area contributed by atoms with Gasteiger partial charge in [-0.2, -0.15) is 0 Å². The molecule has 0 aromatic carbocycles. The summed E-state index contributed by atoms with van der Waals surface area (Å²) >= 11 is 1.64. The lowest BCUT2D eigenvalue weighted by Crippen LogP contribution is -2.48. The van der Waals surface area contributed by atoms with E-state index >= 15 is 0 Å². The molecule has 0 amide bonds. The van der Waals surface area contributed by atoms with E-state index in [4.69, 9.17) is 4.74 Å². The summed E-state index contributed by atoms with van der Waals surface area (Å²) in [6.07, 6.45) is 3.14. The zero-order valence-corrected chi connectivity index (χ0v) is 12.8. The molecule has 0 aliphatic heterocycles. The fourth-order valence-corrected chi connectivity index (χ4v) is 3.00. The van der Waals surface area contributed by atoms with Gasteiger partial charge in [-0.05, 0) is 26.2 Å². The summed E-state index contributed by atoms with van der Waals surface area (Å²) in [5.74, 6) is 0. The molecule has 1 saturated carbocycles. The molecule has 0 radical (unpaired) electrons. The van der Waals surface area contributed by atoms with Crippen LogP contribution in [-0.4, -0.2) is 53.2 Å². The van der Waals surface area contributed by atoms with Crippen LogP contribution in [0.5, 0.6) is 0 Å². The van der Waals surface area contributed by atoms with Crippen molar-refractivity contribution in [2.24, 2.45) is 0 Å². The van der Waals surface area contributed by atoms with Crippen LogP contribution in [0.4, 0.5) is 0 Å². The van der Waals surface area contributed by atoms with Gasteiger partial charge in [-0.25, -0.2) is 4.98 Å². The number of aliphatic hydroxyl groups is 2. The van der Waals surface area contributed by atoms with Crippen molar-refractivity contribution in [1.29, 1.82) is 0 Å². The van der Waals surface area contributed by atoms with Crippen molar-refractivity contribution in [1.82, 2.24) is 10.3 Å². The molecule has 2 rings (SSSR count). The van der Waals surface area contributed by atoms with E-state index in [1.54, 1.807) is 11.3 Å². The molecule has 1 aliphatic carbocycles. The molecular weight excluding hydrogens is 276 g/mol. The van der Waals surface area contributed by atoms with E-state index < -0.39 is 11.7 Å². The van der Waals surface area contributed by atoms with Gasteiger partial charge >= 0.3 is 0 Å². The maximum Gasteiger partial charge on any atom is 0.0897 e. The van der Waals surface area contributed by atoms with Crippen molar-refractivity contribution in [3.8, 4) is 0 Å². The molecule has 3 N–H and O–H groups in total. The highest BCUT2D eigenvalue weighted by Gasteiger charge is 2.33. The predicted molar refractivity (Wildman–Crippen MR) is 79.1 cm³/mol. The molecular formula is C14H24N2O3S. The van der Waals surface area contributed by atoms with Crippen LogP contribution in [0.25, 0.3) is 0 Å². The largest absolute Gasteiger partial charge is 0.389 e. The van der Waals surface area contributed by atoms with Crippen molar-refractivity contribution < 1.29 is 14.9 Å². The van der Waals surface area contributed by atoms with E-state index in [1.807, 2.05) is 12.4 Å². The maximum atomic E-state index is 9.89. The lowest BCUT2D eigenvalue weighted by Gasteiger charge is -2.36. The molecule has 1 unspecified atom stereocenters. The third kappa shape index (κ3) is 4.79. The SMILES string of the molecule is Cc1ncsc1CCOCC(O)CNCC1(O)CCC1. The van der Waals surface area contributed by atoms with E-state index in [2.05, 4.69) is 10.3 Å². The smallest absolute Gasteiger partial charge is 0.0897 e. The maximum absolute atomic E-state index is 9.89.